The van der Waals surface area contributed by atoms with E-state index in [1.165, 1.54) is 51.4 Å². The number of hydrogen-bond donors (Lipinski definition) is 1. The zero-order valence-electron chi connectivity index (χ0n) is 15.9. The van der Waals surface area contributed by atoms with Crippen LogP contribution < -0.4 is 0 Å². The summed E-state index contributed by atoms with van der Waals surface area (Å²) < 4.78 is 33.1. The molecule has 1 unspecified atom stereocenters. The van der Waals surface area contributed by atoms with Crippen LogP contribution >= 0.6 is 0 Å². The van der Waals surface area contributed by atoms with Crippen LogP contribution in [0.4, 0.5) is 0 Å². The van der Waals surface area contributed by atoms with Crippen LogP contribution in [0.25, 0.3) is 0 Å². The lowest BCUT2D eigenvalue weighted by Gasteiger charge is -2.25. The number of rotatable bonds is 15. The van der Waals surface area contributed by atoms with Gasteiger partial charge in [0.2, 0.25) is 0 Å². The Morgan fingerprint density at radius 2 is 1.22 bits per heavy atom. The summed E-state index contributed by atoms with van der Waals surface area (Å²) >= 11 is 0. The molecule has 0 amide bonds. The van der Waals surface area contributed by atoms with Gasteiger partial charge in [-0.1, -0.05) is 71.1 Å². The summed E-state index contributed by atoms with van der Waals surface area (Å²) in [6, 6.07) is 0. The average Bonchev–Trinajstić information content (AvgIpc) is 2.41. The highest BCUT2D eigenvalue weighted by molar-refractivity contribution is 7.86. The fourth-order valence-electron chi connectivity index (χ4n) is 2.83. The minimum Gasteiger partial charge on any atom is -0.331 e. The van der Waals surface area contributed by atoms with Crippen molar-refractivity contribution in [3.63, 3.8) is 0 Å². The van der Waals surface area contributed by atoms with Crippen molar-refractivity contribution in [3.05, 3.63) is 0 Å². The van der Waals surface area contributed by atoms with Crippen molar-refractivity contribution in [1.29, 1.82) is 0 Å². The van der Waals surface area contributed by atoms with Gasteiger partial charge in [-0.2, -0.15) is 8.42 Å². The van der Waals surface area contributed by atoms with Gasteiger partial charge in [0.05, 0.1) is 32.9 Å². The first kappa shape index (κ1) is 22.9. The Morgan fingerprint density at radius 1 is 0.783 bits per heavy atom. The molecule has 1 N–H and O–H groups in total. The molecule has 140 valence electrons. The van der Waals surface area contributed by atoms with Gasteiger partial charge in [-0.3, -0.25) is 4.55 Å². The SMILES string of the molecule is CCCCCCCCCCCCC(CC[N+](C)(C)C)S(=O)(=O)O. The molecule has 0 aliphatic heterocycles. The Kier molecular flexibility index (Phi) is 12.2. The molecular formula is C18H40NO3S+. The number of nitrogens with zero attached hydrogens (tertiary/aromatic N) is 1. The highest BCUT2D eigenvalue weighted by Gasteiger charge is 2.24. The largest absolute Gasteiger partial charge is 0.331 e. The van der Waals surface area contributed by atoms with Gasteiger partial charge in [-0.15, -0.1) is 0 Å². The van der Waals surface area contributed by atoms with Crippen molar-refractivity contribution < 1.29 is 17.5 Å². The lowest BCUT2D eigenvalue weighted by atomic mass is 10.0. The molecule has 0 heterocycles. The van der Waals surface area contributed by atoms with Crippen molar-refractivity contribution in [1.82, 2.24) is 0 Å². The van der Waals surface area contributed by atoms with Gasteiger partial charge in [0.15, 0.2) is 0 Å². The second-order valence-corrected chi connectivity index (χ2v) is 9.61. The standard InChI is InChI=1S/C18H39NO3S/c1-5-6-7-8-9-10-11-12-13-14-15-18(23(20,21)22)16-17-19(2,3)4/h18H,5-17H2,1-4H3/p+1. The molecule has 4 nitrogen and oxygen atoms in total. The quantitative estimate of drug-likeness (QED) is 0.266. The lowest BCUT2D eigenvalue weighted by molar-refractivity contribution is -0.870. The summed E-state index contributed by atoms with van der Waals surface area (Å²) in [7, 11) is 2.22. The molecule has 0 spiro atoms. The third-order valence-electron chi connectivity index (χ3n) is 4.42. The van der Waals surface area contributed by atoms with Gasteiger partial charge in [0.1, 0.15) is 0 Å². The zero-order valence-corrected chi connectivity index (χ0v) is 16.7. The van der Waals surface area contributed by atoms with Crippen LogP contribution in [0.1, 0.15) is 84.0 Å². The van der Waals surface area contributed by atoms with E-state index in [1.54, 1.807) is 0 Å². The van der Waals surface area contributed by atoms with E-state index in [-0.39, 0.29) is 0 Å². The predicted octanol–water partition coefficient (Wildman–Crippen LogP) is 4.65. The molecule has 0 aromatic heterocycles. The molecule has 0 radical (unpaired) electrons. The van der Waals surface area contributed by atoms with E-state index in [9.17, 15) is 13.0 Å². The van der Waals surface area contributed by atoms with Crippen molar-refractivity contribution in [2.24, 2.45) is 0 Å². The maximum Gasteiger partial charge on any atom is 0.267 e. The van der Waals surface area contributed by atoms with Gasteiger partial charge in [-0.05, 0) is 6.42 Å². The molecule has 5 heteroatoms. The molecule has 0 aliphatic carbocycles. The molecule has 1 atom stereocenters. The van der Waals surface area contributed by atoms with Gasteiger partial charge in [-0.25, -0.2) is 0 Å². The van der Waals surface area contributed by atoms with Crippen LogP contribution in [-0.2, 0) is 10.1 Å². The van der Waals surface area contributed by atoms with Crippen LogP contribution in [0.2, 0.25) is 0 Å². The van der Waals surface area contributed by atoms with Crippen LogP contribution in [0.5, 0.6) is 0 Å². The third kappa shape index (κ3) is 15.2. The molecular weight excluding hydrogens is 310 g/mol. The Bertz CT molecular complexity index is 374. The first-order valence-corrected chi connectivity index (χ1v) is 10.9. The Balaban J connectivity index is 3.76. The number of unbranched alkanes of at least 4 members (excludes halogenated alkanes) is 9. The van der Waals surface area contributed by atoms with E-state index >= 15 is 0 Å². The maximum atomic E-state index is 11.5. The van der Waals surface area contributed by atoms with Gasteiger partial charge < -0.3 is 4.48 Å². The molecule has 0 saturated carbocycles. The van der Waals surface area contributed by atoms with Crippen LogP contribution in [0.15, 0.2) is 0 Å². The molecule has 0 aromatic carbocycles. The second kappa shape index (κ2) is 12.3. The molecule has 0 fully saturated rings. The first-order valence-electron chi connectivity index (χ1n) is 9.43. The monoisotopic (exact) mass is 350 g/mol. The van der Waals surface area contributed by atoms with E-state index in [0.29, 0.717) is 12.8 Å². The summed E-state index contributed by atoms with van der Waals surface area (Å²) in [5.74, 6) is 0. The molecule has 0 aliphatic rings. The molecule has 0 bridgehead atoms. The van der Waals surface area contributed by atoms with Gasteiger partial charge >= 0.3 is 0 Å². The Morgan fingerprint density at radius 3 is 1.61 bits per heavy atom. The fraction of sp³-hybridized carbons (Fsp3) is 1.00. The highest BCUT2D eigenvalue weighted by Crippen LogP contribution is 2.17. The van der Waals surface area contributed by atoms with Crippen molar-refractivity contribution in [3.8, 4) is 0 Å². The topological polar surface area (TPSA) is 54.4 Å². The zero-order chi connectivity index (χ0) is 17.8. The van der Waals surface area contributed by atoms with Gasteiger partial charge in [0, 0.05) is 6.42 Å². The smallest absolute Gasteiger partial charge is 0.267 e. The Hall–Kier alpha value is -0.130. The van der Waals surface area contributed by atoms with Crippen molar-refractivity contribution in [2.75, 3.05) is 27.7 Å². The number of quaternary nitrogens is 1. The normalized spacial score (nSPS) is 14.1. The third-order valence-corrected chi connectivity index (χ3v) is 5.74. The lowest BCUT2D eigenvalue weighted by Crippen LogP contribution is -2.38. The highest BCUT2D eigenvalue weighted by atomic mass is 32.2. The van der Waals surface area contributed by atoms with E-state index < -0.39 is 15.4 Å². The van der Waals surface area contributed by atoms with E-state index in [1.807, 2.05) is 21.1 Å². The summed E-state index contributed by atoms with van der Waals surface area (Å²) in [5.41, 5.74) is 0. The van der Waals surface area contributed by atoms with Crippen LogP contribution in [-0.4, -0.2) is 50.4 Å². The summed E-state index contributed by atoms with van der Waals surface area (Å²) in [6.45, 7) is 3.00. The second-order valence-electron chi connectivity index (χ2n) is 7.91. The molecule has 23 heavy (non-hydrogen) atoms. The van der Waals surface area contributed by atoms with Crippen molar-refractivity contribution in [2.45, 2.75) is 89.2 Å². The minimum atomic E-state index is -3.91. The van der Waals surface area contributed by atoms with Crippen molar-refractivity contribution >= 4 is 10.1 Å². The predicted molar refractivity (Wildman–Crippen MR) is 99.3 cm³/mol. The molecule has 0 rings (SSSR count). The molecule has 0 aromatic rings. The average molecular weight is 351 g/mol. The van der Waals surface area contributed by atoms with Gasteiger partial charge in [0.25, 0.3) is 10.1 Å². The molecule has 0 saturated heterocycles. The van der Waals surface area contributed by atoms with E-state index in [2.05, 4.69) is 6.92 Å². The van der Waals surface area contributed by atoms with E-state index in [0.717, 1.165) is 23.9 Å². The van der Waals surface area contributed by atoms with Crippen LogP contribution in [0.3, 0.4) is 0 Å². The maximum absolute atomic E-state index is 11.5. The first-order chi connectivity index (χ1) is 10.7. The minimum absolute atomic E-state index is 0.541. The summed E-state index contributed by atoms with van der Waals surface area (Å²) in [6.07, 6.45) is 13.5. The van der Waals surface area contributed by atoms with Crippen LogP contribution in [0, 0.1) is 0 Å². The summed E-state index contributed by atoms with van der Waals surface area (Å²) in [5, 5.41) is -0.589. The van der Waals surface area contributed by atoms with E-state index in [4.69, 9.17) is 0 Å². The Labute approximate surface area is 145 Å². The number of hydrogen-bond acceptors (Lipinski definition) is 2. The fourth-order valence-corrected chi connectivity index (χ4v) is 3.70. The summed E-state index contributed by atoms with van der Waals surface area (Å²) in [4.78, 5) is 0.